The molecule has 4 rings (SSSR count). The molecule has 1 atom stereocenters. The monoisotopic (exact) mass is 298 g/mol. The van der Waals surface area contributed by atoms with E-state index >= 15 is 0 Å². The van der Waals surface area contributed by atoms with Crippen LogP contribution in [0.4, 0.5) is 5.69 Å². The van der Waals surface area contributed by atoms with Gasteiger partial charge in [0.25, 0.3) is 0 Å². The van der Waals surface area contributed by atoms with Gasteiger partial charge in [0.2, 0.25) is 5.91 Å². The molecule has 2 aliphatic rings. The first-order chi connectivity index (χ1) is 10.1. The third kappa shape index (κ3) is 2.01. The first-order valence-corrected chi connectivity index (χ1v) is 8.21. The molecule has 2 N–H and O–H groups in total. The lowest BCUT2D eigenvalue weighted by molar-refractivity contribution is -0.117. The Hall–Kier alpha value is -1.65. The van der Waals surface area contributed by atoms with Crippen molar-refractivity contribution in [2.24, 2.45) is 5.73 Å². The molecule has 0 fully saturated rings. The smallest absolute Gasteiger partial charge is 0.231 e. The number of hydrogen-bond acceptors (Lipinski definition) is 3. The molecule has 1 aromatic heterocycles. The Balaban J connectivity index is 1.67. The van der Waals surface area contributed by atoms with Crippen molar-refractivity contribution in [3.8, 4) is 0 Å². The average molecular weight is 298 g/mol. The fourth-order valence-electron chi connectivity index (χ4n) is 3.35. The van der Waals surface area contributed by atoms with Gasteiger partial charge in [-0.25, -0.2) is 0 Å². The SMILES string of the molecule is CN1C(=O)Cc2cc(C(N)c3cc4c(s3)CCC4)ccc21. The Labute approximate surface area is 128 Å². The average Bonchev–Trinajstić information content (AvgIpc) is 3.12. The van der Waals surface area contributed by atoms with Crippen LogP contribution in [0.5, 0.6) is 0 Å². The van der Waals surface area contributed by atoms with Crippen LogP contribution in [0.25, 0.3) is 0 Å². The highest BCUT2D eigenvalue weighted by Gasteiger charge is 2.25. The van der Waals surface area contributed by atoms with Crippen molar-refractivity contribution in [3.63, 3.8) is 0 Å². The fraction of sp³-hybridized carbons (Fsp3) is 0.353. The van der Waals surface area contributed by atoms with E-state index in [4.69, 9.17) is 5.73 Å². The van der Waals surface area contributed by atoms with Gasteiger partial charge in [-0.1, -0.05) is 12.1 Å². The summed E-state index contributed by atoms with van der Waals surface area (Å²) in [4.78, 5) is 16.3. The molecule has 0 spiro atoms. The van der Waals surface area contributed by atoms with Crippen LogP contribution in [-0.4, -0.2) is 13.0 Å². The molecule has 1 aliphatic carbocycles. The highest BCUT2D eigenvalue weighted by atomic mass is 32.1. The number of carbonyl (C=O) groups excluding carboxylic acids is 1. The van der Waals surface area contributed by atoms with Crippen molar-refractivity contribution in [3.05, 3.63) is 50.7 Å². The van der Waals surface area contributed by atoms with Crippen molar-refractivity contribution in [2.75, 3.05) is 11.9 Å². The maximum Gasteiger partial charge on any atom is 0.231 e. The molecule has 0 radical (unpaired) electrons. The number of likely N-dealkylation sites (N-methyl/N-ethyl adjacent to an activating group) is 1. The van der Waals surface area contributed by atoms with Crippen LogP contribution in [0.15, 0.2) is 24.3 Å². The molecule has 0 bridgehead atoms. The summed E-state index contributed by atoms with van der Waals surface area (Å²) in [7, 11) is 1.83. The van der Waals surface area contributed by atoms with Gasteiger partial charge in [0, 0.05) is 22.5 Å². The van der Waals surface area contributed by atoms with Crippen molar-refractivity contribution < 1.29 is 4.79 Å². The number of benzene rings is 1. The molecule has 2 heterocycles. The lowest BCUT2D eigenvalue weighted by atomic mass is 10.0. The quantitative estimate of drug-likeness (QED) is 0.926. The van der Waals surface area contributed by atoms with E-state index in [2.05, 4.69) is 18.2 Å². The minimum atomic E-state index is -0.0769. The number of hydrogen-bond donors (Lipinski definition) is 1. The highest BCUT2D eigenvalue weighted by molar-refractivity contribution is 7.12. The van der Waals surface area contributed by atoms with E-state index in [9.17, 15) is 4.79 Å². The first kappa shape index (κ1) is 13.0. The van der Waals surface area contributed by atoms with Crippen LogP contribution >= 0.6 is 11.3 Å². The summed E-state index contributed by atoms with van der Waals surface area (Å²) in [5.41, 5.74) is 11.2. The number of nitrogens with zero attached hydrogens (tertiary/aromatic N) is 1. The highest BCUT2D eigenvalue weighted by Crippen LogP contribution is 2.37. The number of nitrogens with two attached hydrogens (primary N) is 1. The minimum Gasteiger partial charge on any atom is -0.320 e. The predicted molar refractivity (Wildman–Crippen MR) is 85.9 cm³/mol. The molecule has 1 amide bonds. The number of anilines is 1. The number of thiophene rings is 1. The van der Waals surface area contributed by atoms with E-state index in [-0.39, 0.29) is 11.9 Å². The summed E-state index contributed by atoms with van der Waals surface area (Å²) in [5.74, 6) is 0.158. The van der Waals surface area contributed by atoms with Crippen LogP contribution in [-0.2, 0) is 24.1 Å². The van der Waals surface area contributed by atoms with E-state index < -0.39 is 0 Å². The Morgan fingerprint density at radius 2 is 2.10 bits per heavy atom. The van der Waals surface area contributed by atoms with Crippen LogP contribution in [0.1, 0.15) is 38.9 Å². The zero-order valence-electron chi connectivity index (χ0n) is 12.1. The van der Waals surface area contributed by atoms with E-state index in [1.54, 1.807) is 4.90 Å². The zero-order chi connectivity index (χ0) is 14.6. The molecule has 21 heavy (non-hydrogen) atoms. The standard InChI is InChI=1S/C17H18N2OS/c1-19-13-6-5-11(7-12(13)9-16(19)20)17(18)15-8-10-3-2-4-14(10)21-15/h5-8,17H,2-4,9,18H2,1H3. The molecule has 2 aromatic rings. The third-order valence-corrected chi connectivity index (χ3v) is 5.93. The van der Waals surface area contributed by atoms with E-state index in [0.717, 1.165) is 16.8 Å². The Morgan fingerprint density at radius 3 is 2.90 bits per heavy atom. The predicted octanol–water partition coefficient (Wildman–Crippen LogP) is 2.80. The van der Waals surface area contributed by atoms with Gasteiger partial charge >= 0.3 is 0 Å². The van der Waals surface area contributed by atoms with Gasteiger partial charge < -0.3 is 10.6 Å². The van der Waals surface area contributed by atoms with Crippen molar-refractivity contribution in [1.82, 2.24) is 0 Å². The van der Waals surface area contributed by atoms with Gasteiger partial charge in [0.15, 0.2) is 0 Å². The van der Waals surface area contributed by atoms with Crippen LogP contribution in [0.2, 0.25) is 0 Å². The lowest BCUT2D eigenvalue weighted by Crippen LogP contribution is -2.20. The topological polar surface area (TPSA) is 46.3 Å². The maximum atomic E-state index is 11.8. The number of rotatable bonds is 2. The summed E-state index contributed by atoms with van der Waals surface area (Å²) in [6, 6.07) is 8.39. The molecule has 4 heteroatoms. The number of carbonyl (C=O) groups is 1. The second-order valence-corrected chi connectivity index (χ2v) is 7.11. The zero-order valence-corrected chi connectivity index (χ0v) is 12.9. The third-order valence-electron chi connectivity index (χ3n) is 4.61. The molecule has 1 aliphatic heterocycles. The number of fused-ring (bicyclic) bond motifs is 2. The second-order valence-electron chi connectivity index (χ2n) is 5.95. The van der Waals surface area contributed by atoms with Crippen LogP contribution in [0.3, 0.4) is 0 Å². The van der Waals surface area contributed by atoms with Crippen molar-refractivity contribution in [2.45, 2.75) is 31.7 Å². The van der Waals surface area contributed by atoms with Gasteiger partial charge in [-0.3, -0.25) is 4.79 Å². The van der Waals surface area contributed by atoms with Crippen LogP contribution < -0.4 is 10.6 Å². The Kier molecular flexibility index (Phi) is 2.91. The second kappa shape index (κ2) is 4.68. The van der Waals surface area contributed by atoms with Crippen molar-refractivity contribution in [1.29, 1.82) is 0 Å². The molecule has 108 valence electrons. The fourth-order valence-corrected chi connectivity index (χ4v) is 4.64. The molecular weight excluding hydrogens is 280 g/mol. The summed E-state index contributed by atoms with van der Waals surface area (Å²) >= 11 is 1.86. The summed E-state index contributed by atoms with van der Waals surface area (Å²) in [5, 5.41) is 0. The van der Waals surface area contributed by atoms with Crippen LogP contribution in [0, 0.1) is 0 Å². The number of amides is 1. The van der Waals surface area contributed by atoms with E-state index in [1.807, 2.05) is 24.5 Å². The van der Waals surface area contributed by atoms with E-state index in [1.165, 1.54) is 34.6 Å². The molecule has 1 aromatic carbocycles. The lowest BCUT2D eigenvalue weighted by Gasteiger charge is -2.14. The molecule has 0 saturated carbocycles. The summed E-state index contributed by atoms with van der Waals surface area (Å²) in [6.45, 7) is 0. The summed E-state index contributed by atoms with van der Waals surface area (Å²) in [6.07, 6.45) is 4.18. The summed E-state index contributed by atoms with van der Waals surface area (Å²) < 4.78 is 0. The maximum absolute atomic E-state index is 11.8. The van der Waals surface area contributed by atoms with Gasteiger partial charge in [0.05, 0.1) is 12.5 Å². The first-order valence-electron chi connectivity index (χ1n) is 7.40. The van der Waals surface area contributed by atoms with Crippen molar-refractivity contribution >= 4 is 22.9 Å². The molecular formula is C17H18N2OS. The largest absolute Gasteiger partial charge is 0.320 e. The molecule has 1 unspecified atom stereocenters. The van der Waals surface area contributed by atoms with Gasteiger partial charge in [-0.05, 0) is 48.1 Å². The molecule has 0 saturated heterocycles. The van der Waals surface area contributed by atoms with Gasteiger partial charge in [-0.2, -0.15) is 0 Å². The van der Waals surface area contributed by atoms with Gasteiger partial charge in [-0.15, -0.1) is 11.3 Å². The Bertz CT molecular complexity index is 713. The normalized spacial score (nSPS) is 18.0. The minimum absolute atomic E-state index is 0.0769. The van der Waals surface area contributed by atoms with Gasteiger partial charge in [0.1, 0.15) is 0 Å². The number of aryl methyl sites for hydroxylation is 2. The molecule has 3 nitrogen and oxygen atoms in total. The van der Waals surface area contributed by atoms with E-state index in [0.29, 0.717) is 6.42 Å². The Morgan fingerprint density at radius 1 is 1.24 bits per heavy atom.